The molecule has 0 atom stereocenters. The van der Waals surface area contributed by atoms with E-state index in [9.17, 15) is 13.2 Å². The zero-order valence-electron chi connectivity index (χ0n) is 9.78. The number of amides is 1. The third-order valence-electron chi connectivity index (χ3n) is 1.85. The van der Waals surface area contributed by atoms with E-state index in [1.54, 1.807) is 0 Å². The molecule has 7 heteroatoms. The number of rotatable bonds is 9. The standard InChI is InChI=1S/C9H20N2O4S/c1-3-4-7-16(13,14)11-8-9(12)10-5-6-15-2/h11H,3-8H2,1-2H3,(H,10,12). The smallest absolute Gasteiger partial charge is 0.235 e. The van der Waals surface area contributed by atoms with Crippen molar-refractivity contribution in [1.29, 1.82) is 0 Å². The largest absolute Gasteiger partial charge is 0.383 e. The first-order chi connectivity index (χ1) is 7.52. The molecule has 0 aromatic carbocycles. The quantitative estimate of drug-likeness (QED) is 0.540. The number of nitrogens with one attached hydrogen (secondary N) is 2. The van der Waals surface area contributed by atoms with E-state index in [0.717, 1.165) is 6.42 Å². The Balaban J connectivity index is 3.73. The van der Waals surface area contributed by atoms with Gasteiger partial charge in [-0.25, -0.2) is 13.1 Å². The lowest BCUT2D eigenvalue weighted by Crippen LogP contribution is -2.38. The molecular formula is C9H20N2O4S. The van der Waals surface area contributed by atoms with Crippen molar-refractivity contribution in [2.45, 2.75) is 19.8 Å². The van der Waals surface area contributed by atoms with Gasteiger partial charge in [0, 0.05) is 13.7 Å². The number of carbonyl (C=O) groups is 1. The van der Waals surface area contributed by atoms with Crippen LogP contribution in [0.5, 0.6) is 0 Å². The van der Waals surface area contributed by atoms with E-state index >= 15 is 0 Å². The fourth-order valence-electron chi connectivity index (χ4n) is 0.937. The molecule has 0 fully saturated rings. The normalized spacial score (nSPS) is 11.4. The maximum Gasteiger partial charge on any atom is 0.235 e. The summed E-state index contributed by atoms with van der Waals surface area (Å²) in [4.78, 5) is 11.1. The Bertz CT molecular complexity index is 290. The van der Waals surface area contributed by atoms with E-state index in [4.69, 9.17) is 4.74 Å². The summed E-state index contributed by atoms with van der Waals surface area (Å²) < 4.78 is 29.6. The topological polar surface area (TPSA) is 84.5 Å². The van der Waals surface area contributed by atoms with Crippen molar-refractivity contribution in [1.82, 2.24) is 10.0 Å². The summed E-state index contributed by atoms with van der Waals surface area (Å²) in [6, 6.07) is 0. The number of methoxy groups -OCH3 is 1. The zero-order valence-corrected chi connectivity index (χ0v) is 10.6. The number of ether oxygens (including phenoxy) is 1. The molecule has 16 heavy (non-hydrogen) atoms. The van der Waals surface area contributed by atoms with Gasteiger partial charge in [0.25, 0.3) is 0 Å². The molecule has 0 unspecified atom stereocenters. The highest BCUT2D eigenvalue weighted by atomic mass is 32.2. The summed E-state index contributed by atoms with van der Waals surface area (Å²) in [6.45, 7) is 2.49. The van der Waals surface area contributed by atoms with Gasteiger partial charge in [-0.3, -0.25) is 4.79 Å². The molecule has 0 aliphatic heterocycles. The molecule has 0 heterocycles. The van der Waals surface area contributed by atoms with E-state index < -0.39 is 10.0 Å². The molecule has 0 saturated carbocycles. The van der Waals surface area contributed by atoms with E-state index in [1.165, 1.54) is 7.11 Å². The van der Waals surface area contributed by atoms with Crippen molar-refractivity contribution in [3.63, 3.8) is 0 Å². The van der Waals surface area contributed by atoms with Gasteiger partial charge in [0.1, 0.15) is 0 Å². The van der Waals surface area contributed by atoms with Gasteiger partial charge in [0.15, 0.2) is 0 Å². The highest BCUT2D eigenvalue weighted by molar-refractivity contribution is 7.89. The van der Waals surface area contributed by atoms with Crippen LogP contribution in [0, 0.1) is 0 Å². The van der Waals surface area contributed by atoms with Crippen LogP contribution in [0.2, 0.25) is 0 Å². The molecule has 0 aliphatic rings. The third kappa shape index (κ3) is 8.63. The molecule has 1 amide bonds. The molecule has 0 aromatic heterocycles. The van der Waals surface area contributed by atoms with Gasteiger partial charge in [-0.05, 0) is 6.42 Å². The van der Waals surface area contributed by atoms with Gasteiger partial charge in [-0.15, -0.1) is 0 Å². The van der Waals surface area contributed by atoms with Crippen LogP contribution < -0.4 is 10.0 Å². The lowest BCUT2D eigenvalue weighted by atomic mass is 10.4. The predicted octanol–water partition coefficient (Wildman–Crippen LogP) is -0.531. The average molecular weight is 252 g/mol. The second-order valence-electron chi connectivity index (χ2n) is 3.34. The van der Waals surface area contributed by atoms with Crippen LogP contribution in [-0.4, -0.2) is 46.9 Å². The lowest BCUT2D eigenvalue weighted by Gasteiger charge is -2.06. The maximum atomic E-state index is 11.3. The van der Waals surface area contributed by atoms with Crippen LogP contribution in [0.3, 0.4) is 0 Å². The van der Waals surface area contributed by atoms with Gasteiger partial charge >= 0.3 is 0 Å². The van der Waals surface area contributed by atoms with Gasteiger partial charge in [0.2, 0.25) is 15.9 Å². The summed E-state index contributed by atoms with van der Waals surface area (Å²) in [5.74, 6) is -0.286. The summed E-state index contributed by atoms with van der Waals surface area (Å²) in [6.07, 6.45) is 1.40. The van der Waals surface area contributed by atoms with Crippen LogP contribution >= 0.6 is 0 Å². The number of sulfonamides is 1. The SMILES string of the molecule is CCCCS(=O)(=O)NCC(=O)NCCOC. The highest BCUT2D eigenvalue weighted by Crippen LogP contribution is 1.92. The fraction of sp³-hybridized carbons (Fsp3) is 0.889. The minimum atomic E-state index is -3.31. The molecule has 0 radical (unpaired) electrons. The fourth-order valence-corrected chi connectivity index (χ4v) is 2.10. The number of carbonyl (C=O) groups excluding carboxylic acids is 1. The lowest BCUT2D eigenvalue weighted by molar-refractivity contribution is -0.120. The minimum Gasteiger partial charge on any atom is -0.383 e. The molecule has 96 valence electrons. The Morgan fingerprint density at radius 2 is 2.06 bits per heavy atom. The van der Waals surface area contributed by atoms with Crippen molar-refractivity contribution >= 4 is 15.9 Å². The van der Waals surface area contributed by atoms with E-state index in [0.29, 0.717) is 19.6 Å². The van der Waals surface area contributed by atoms with Crippen molar-refractivity contribution in [2.75, 3.05) is 32.6 Å². The van der Waals surface area contributed by atoms with Crippen molar-refractivity contribution in [3.8, 4) is 0 Å². The van der Waals surface area contributed by atoms with E-state index in [-0.39, 0.29) is 18.2 Å². The van der Waals surface area contributed by atoms with Gasteiger partial charge in [-0.2, -0.15) is 0 Å². The molecule has 0 bridgehead atoms. The first-order valence-corrected chi connectivity index (χ1v) is 6.90. The predicted molar refractivity (Wildman–Crippen MR) is 61.6 cm³/mol. The molecule has 0 spiro atoms. The van der Waals surface area contributed by atoms with Gasteiger partial charge in [-0.1, -0.05) is 13.3 Å². The summed E-state index contributed by atoms with van der Waals surface area (Å²) in [7, 11) is -1.78. The van der Waals surface area contributed by atoms with E-state index in [1.807, 2.05) is 6.92 Å². The van der Waals surface area contributed by atoms with Gasteiger partial charge < -0.3 is 10.1 Å². The highest BCUT2D eigenvalue weighted by Gasteiger charge is 2.10. The van der Waals surface area contributed by atoms with Crippen LogP contribution in [0.1, 0.15) is 19.8 Å². The monoisotopic (exact) mass is 252 g/mol. The molecule has 0 aromatic rings. The van der Waals surface area contributed by atoms with Crippen molar-refractivity contribution in [3.05, 3.63) is 0 Å². The molecule has 2 N–H and O–H groups in total. The Morgan fingerprint density at radius 1 is 1.38 bits per heavy atom. The molecule has 0 aliphatic carbocycles. The summed E-state index contributed by atoms with van der Waals surface area (Å²) >= 11 is 0. The second kappa shape index (κ2) is 8.49. The van der Waals surface area contributed by atoms with Crippen molar-refractivity contribution < 1.29 is 17.9 Å². The van der Waals surface area contributed by atoms with Crippen LogP contribution in [0.4, 0.5) is 0 Å². The summed E-state index contributed by atoms with van der Waals surface area (Å²) in [5, 5.41) is 2.52. The number of hydrogen-bond donors (Lipinski definition) is 2. The molecule has 0 saturated heterocycles. The van der Waals surface area contributed by atoms with Crippen molar-refractivity contribution in [2.24, 2.45) is 0 Å². The molecule has 6 nitrogen and oxygen atoms in total. The third-order valence-corrected chi connectivity index (χ3v) is 3.26. The Labute approximate surface area is 96.8 Å². The second-order valence-corrected chi connectivity index (χ2v) is 5.26. The van der Waals surface area contributed by atoms with Gasteiger partial charge in [0.05, 0.1) is 18.9 Å². The first kappa shape index (κ1) is 15.3. The summed E-state index contributed by atoms with van der Waals surface area (Å²) in [5.41, 5.74) is 0. The van der Waals surface area contributed by atoms with Crippen LogP contribution in [0.15, 0.2) is 0 Å². The Hall–Kier alpha value is -0.660. The van der Waals surface area contributed by atoms with E-state index in [2.05, 4.69) is 10.0 Å². The maximum absolute atomic E-state index is 11.3. The minimum absolute atomic E-state index is 0.0643. The molecule has 0 rings (SSSR count). The average Bonchev–Trinajstić information content (AvgIpc) is 2.24. The Kier molecular flexibility index (Phi) is 8.14. The zero-order chi connectivity index (χ0) is 12.4. The number of unbranched alkanes of at least 4 members (excludes halogenated alkanes) is 1. The van der Waals surface area contributed by atoms with Crippen LogP contribution in [-0.2, 0) is 19.6 Å². The number of hydrogen-bond acceptors (Lipinski definition) is 4. The Morgan fingerprint density at radius 3 is 2.62 bits per heavy atom. The van der Waals surface area contributed by atoms with Crippen LogP contribution in [0.25, 0.3) is 0 Å². The molecular weight excluding hydrogens is 232 g/mol. The first-order valence-electron chi connectivity index (χ1n) is 5.24.